The van der Waals surface area contributed by atoms with Crippen molar-refractivity contribution in [3.63, 3.8) is 0 Å². The van der Waals surface area contributed by atoms with Crippen LogP contribution < -0.4 is 5.32 Å². The molecule has 0 aromatic heterocycles. The number of aryl methyl sites for hydroxylation is 1. The first-order valence-corrected chi connectivity index (χ1v) is 7.17. The van der Waals surface area contributed by atoms with Gasteiger partial charge in [0.2, 0.25) is 0 Å². The van der Waals surface area contributed by atoms with Crippen molar-refractivity contribution >= 4 is 0 Å². The normalized spacial score (nSPS) is 25.6. The standard InChI is InChI=1S/C16H23N/c1-12-7-8-15-14(11-12)9-10-17-16(15)13-5-3-2-4-6-13/h7-8,11,13,16-17H,2-6,9-10H2,1H3. The van der Waals surface area contributed by atoms with E-state index in [1.54, 1.807) is 11.1 Å². The van der Waals surface area contributed by atoms with Gasteiger partial charge in [-0.15, -0.1) is 0 Å². The van der Waals surface area contributed by atoms with Gasteiger partial charge in [0, 0.05) is 6.04 Å². The summed E-state index contributed by atoms with van der Waals surface area (Å²) in [5.41, 5.74) is 4.60. The zero-order valence-corrected chi connectivity index (χ0v) is 10.8. The number of fused-ring (bicyclic) bond motifs is 1. The van der Waals surface area contributed by atoms with E-state index in [0.29, 0.717) is 6.04 Å². The highest BCUT2D eigenvalue weighted by Gasteiger charge is 2.28. The zero-order valence-electron chi connectivity index (χ0n) is 10.8. The van der Waals surface area contributed by atoms with Crippen molar-refractivity contribution in [3.8, 4) is 0 Å². The first-order valence-electron chi connectivity index (χ1n) is 7.17. The van der Waals surface area contributed by atoms with Gasteiger partial charge in [0.05, 0.1) is 0 Å². The lowest BCUT2D eigenvalue weighted by Crippen LogP contribution is -2.35. The second kappa shape index (κ2) is 4.81. The van der Waals surface area contributed by atoms with E-state index in [1.807, 2.05) is 0 Å². The maximum atomic E-state index is 3.76. The number of rotatable bonds is 1. The van der Waals surface area contributed by atoms with Gasteiger partial charge in [-0.2, -0.15) is 0 Å². The molecule has 1 fully saturated rings. The molecule has 1 saturated carbocycles. The highest BCUT2D eigenvalue weighted by Crippen LogP contribution is 2.37. The van der Waals surface area contributed by atoms with Crippen LogP contribution in [0.15, 0.2) is 18.2 Å². The van der Waals surface area contributed by atoms with E-state index >= 15 is 0 Å². The fraction of sp³-hybridized carbons (Fsp3) is 0.625. The Hall–Kier alpha value is -0.820. The monoisotopic (exact) mass is 229 g/mol. The predicted molar refractivity (Wildman–Crippen MR) is 72.2 cm³/mol. The van der Waals surface area contributed by atoms with Crippen molar-refractivity contribution in [2.45, 2.75) is 51.5 Å². The average Bonchev–Trinajstić information content (AvgIpc) is 2.39. The third kappa shape index (κ3) is 2.26. The Kier molecular flexibility index (Phi) is 3.19. The Bertz CT molecular complexity index is 391. The molecule has 1 heteroatoms. The van der Waals surface area contributed by atoms with Crippen LogP contribution in [0.5, 0.6) is 0 Å². The van der Waals surface area contributed by atoms with Crippen molar-refractivity contribution in [2.24, 2.45) is 5.92 Å². The summed E-state index contributed by atoms with van der Waals surface area (Å²) in [5.74, 6) is 0.880. The van der Waals surface area contributed by atoms with Crippen LogP contribution in [0.3, 0.4) is 0 Å². The minimum atomic E-state index is 0.639. The molecule has 0 radical (unpaired) electrons. The molecule has 1 unspecified atom stereocenters. The zero-order chi connectivity index (χ0) is 11.7. The molecule has 0 amide bonds. The molecule has 1 nitrogen and oxygen atoms in total. The van der Waals surface area contributed by atoms with Gasteiger partial charge in [-0.3, -0.25) is 0 Å². The van der Waals surface area contributed by atoms with E-state index in [-0.39, 0.29) is 0 Å². The third-order valence-corrected chi connectivity index (χ3v) is 4.51. The second-order valence-corrected chi connectivity index (χ2v) is 5.78. The van der Waals surface area contributed by atoms with Crippen molar-refractivity contribution < 1.29 is 0 Å². The minimum absolute atomic E-state index is 0.639. The van der Waals surface area contributed by atoms with Gasteiger partial charge >= 0.3 is 0 Å². The molecule has 92 valence electrons. The fourth-order valence-corrected chi connectivity index (χ4v) is 3.61. The molecular formula is C16H23N. The lowest BCUT2D eigenvalue weighted by Gasteiger charge is -2.35. The van der Waals surface area contributed by atoms with Crippen LogP contribution in [0.1, 0.15) is 54.8 Å². The molecular weight excluding hydrogens is 206 g/mol. The van der Waals surface area contributed by atoms with Crippen molar-refractivity contribution in [3.05, 3.63) is 34.9 Å². The van der Waals surface area contributed by atoms with Crippen LogP contribution in [0.25, 0.3) is 0 Å². The smallest absolute Gasteiger partial charge is 0.0351 e. The van der Waals surface area contributed by atoms with Gasteiger partial charge in [-0.05, 0) is 49.8 Å². The van der Waals surface area contributed by atoms with Crippen LogP contribution >= 0.6 is 0 Å². The number of hydrogen-bond acceptors (Lipinski definition) is 1. The Morgan fingerprint density at radius 2 is 1.94 bits per heavy atom. The van der Waals surface area contributed by atoms with E-state index in [0.717, 1.165) is 12.5 Å². The van der Waals surface area contributed by atoms with Gasteiger partial charge in [0.15, 0.2) is 0 Å². The third-order valence-electron chi connectivity index (χ3n) is 4.51. The summed E-state index contributed by atoms with van der Waals surface area (Å²) in [6, 6.07) is 7.68. The molecule has 2 aliphatic rings. The SMILES string of the molecule is Cc1ccc2c(c1)CCNC2C1CCCCC1. The Morgan fingerprint density at radius 3 is 2.76 bits per heavy atom. The Balaban J connectivity index is 1.88. The predicted octanol–water partition coefficient (Wildman–Crippen LogP) is 3.76. The Labute approximate surface area is 105 Å². The van der Waals surface area contributed by atoms with Crippen molar-refractivity contribution in [2.75, 3.05) is 6.54 Å². The minimum Gasteiger partial charge on any atom is -0.309 e. The molecule has 3 rings (SSSR count). The summed E-state index contributed by atoms with van der Waals surface area (Å²) in [7, 11) is 0. The van der Waals surface area contributed by atoms with E-state index in [2.05, 4.69) is 30.4 Å². The van der Waals surface area contributed by atoms with Crippen LogP contribution in [-0.4, -0.2) is 6.54 Å². The first-order chi connectivity index (χ1) is 8.34. The number of nitrogens with one attached hydrogen (secondary N) is 1. The summed E-state index contributed by atoms with van der Waals surface area (Å²) in [4.78, 5) is 0. The molecule has 1 atom stereocenters. The molecule has 0 saturated heterocycles. The lowest BCUT2D eigenvalue weighted by atomic mass is 9.78. The summed E-state index contributed by atoms with van der Waals surface area (Å²) in [6.45, 7) is 3.37. The Morgan fingerprint density at radius 1 is 1.12 bits per heavy atom. The van der Waals surface area contributed by atoms with Gasteiger partial charge in [-0.25, -0.2) is 0 Å². The van der Waals surface area contributed by atoms with Gasteiger partial charge in [-0.1, -0.05) is 43.0 Å². The van der Waals surface area contributed by atoms with Crippen molar-refractivity contribution in [1.29, 1.82) is 0 Å². The quantitative estimate of drug-likeness (QED) is 0.773. The average molecular weight is 229 g/mol. The summed E-state index contributed by atoms with van der Waals surface area (Å²) in [5, 5.41) is 3.76. The molecule has 1 heterocycles. The summed E-state index contributed by atoms with van der Waals surface area (Å²) < 4.78 is 0. The molecule has 0 spiro atoms. The van der Waals surface area contributed by atoms with E-state index in [9.17, 15) is 0 Å². The lowest BCUT2D eigenvalue weighted by molar-refractivity contribution is 0.265. The maximum absolute atomic E-state index is 3.76. The maximum Gasteiger partial charge on any atom is 0.0351 e. The molecule has 17 heavy (non-hydrogen) atoms. The van der Waals surface area contributed by atoms with E-state index in [4.69, 9.17) is 0 Å². The molecule has 1 aromatic carbocycles. The van der Waals surface area contributed by atoms with E-state index in [1.165, 1.54) is 44.1 Å². The van der Waals surface area contributed by atoms with Crippen LogP contribution in [0, 0.1) is 12.8 Å². The molecule has 0 bridgehead atoms. The first kappa shape index (κ1) is 11.3. The van der Waals surface area contributed by atoms with Gasteiger partial charge in [0.25, 0.3) is 0 Å². The fourth-order valence-electron chi connectivity index (χ4n) is 3.61. The highest BCUT2D eigenvalue weighted by molar-refractivity contribution is 5.36. The van der Waals surface area contributed by atoms with E-state index < -0.39 is 0 Å². The van der Waals surface area contributed by atoms with Gasteiger partial charge in [0.1, 0.15) is 0 Å². The van der Waals surface area contributed by atoms with Crippen LogP contribution in [-0.2, 0) is 6.42 Å². The highest BCUT2D eigenvalue weighted by atomic mass is 14.9. The summed E-state index contributed by atoms with van der Waals surface area (Å²) >= 11 is 0. The molecule has 1 N–H and O–H groups in total. The number of benzene rings is 1. The van der Waals surface area contributed by atoms with Crippen LogP contribution in [0.4, 0.5) is 0 Å². The van der Waals surface area contributed by atoms with Gasteiger partial charge < -0.3 is 5.32 Å². The van der Waals surface area contributed by atoms with Crippen LogP contribution in [0.2, 0.25) is 0 Å². The second-order valence-electron chi connectivity index (χ2n) is 5.78. The number of hydrogen-bond donors (Lipinski definition) is 1. The van der Waals surface area contributed by atoms with Crippen molar-refractivity contribution in [1.82, 2.24) is 5.32 Å². The largest absolute Gasteiger partial charge is 0.309 e. The molecule has 1 aliphatic carbocycles. The molecule has 1 aromatic rings. The topological polar surface area (TPSA) is 12.0 Å². The molecule has 1 aliphatic heterocycles. The summed E-state index contributed by atoms with van der Waals surface area (Å²) in [6.07, 6.45) is 8.37.